The Balaban J connectivity index is 1.34. The van der Waals surface area contributed by atoms with E-state index in [2.05, 4.69) is 27.0 Å². The molecule has 0 saturated carbocycles. The zero-order valence-corrected chi connectivity index (χ0v) is 17.3. The zero-order valence-electron chi connectivity index (χ0n) is 17.3. The predicted octanol–water partition coefficient (Wildman–Crippen LogP) is 2.47. The molecule has 0 amide bonds. The van der Waals surface area contributed by atoms with Gasteiger partial charge >= 0.3 is 0 Å². The molecule has 2 aliphatic rings. The van der Waals surface area contributed by atoms with Gasteiger partial charge in [0.15, 0.2) is 5.96 Å². The van der Waals surface area contributed by atoms with Gasteiger partial charge in [0.05, 0.1) is 13.2 Å². The molecule has 7 heteroatoms. The molecule has 2 aromatic rings. The number of likely N-dealkylation sites (tertiary alicyclic amines) is 1. The number of nitrogens with zero attached hydrogens (tertiary/aromatic N) is 3. The lowest BCUT2D eigenvalue weighted by Gasteiger charge is -2.29. The standard InChI is InChI=1S/C22H32FN5O/c1-2-24-22(28-8-6-17(16-28)15-27-9-11-29-12-10-27)25-7-5-18-14-26-21-4-3-19(23)13-20(18)21/h3-4,13-14,17,26H,2,5-12,15-16H2,1H3,(H,24,25). The van der Waals surface area contributed by atoms with Gasteiger partial charge in [-0.2, -0.15) is 0 Å². The third-order valence-corrected chi connectivity index (χ3v) is 5.91. The van der Waals surface area contributed by atoms with Crippen LogP contribution in [0.15, 0.2) is 29.4 Å². The maximum Gasteiger partial charge on any atom is 0.193 e. The fourth-order valence-electron chi connectivity index (χ4n) is 4.39. The SMILES string of the molecule is CCNC(=NCCc1c[nH]c2ccc(F)cc12)N1CCC(CN2CCOCC2)C1. The number of halogens is 1. The quantitative estimate of drug-likeness (QED) is 0.577. The number of hydrogen-bond donors (Lipinski definition) is 2. The van der Waals surface area contributed by atoms with Crippen LogP contribution < -0.4 is 5.32 Å². The molecule has 2 aliphatic heterocycles. The Morgan fingerprint density at radius 3 is 3.00 bits per heavy atom. The molecule has 2 saturated heterocycles. The van der Waals surface area contributed by atoms with Crippen molar-refractivity contribution in [2.24, 2.45) is 10.9 Å². The van der Waals surface area contributed by atoms with Gasteiger partial charge in [-0.25, -0.2) is 4.39 Å². The first-order valence-corrected chi connectivity index (χ1v) is 10.8. The highest BCUT2D eigenvalue weighted by molar-refractivity contribution is 5.83. The fourth-order valence-corrected chi connectivity index (χ4v) is 4.39. The summed E-state index contributed by atoms with van der Waals surface area (Å²) >= 11 is 0. The molecule has 1 aromatic carbocycles. The Bertz CT molecular complexity index is 830. The van der Waals surface area contributed by atoms with Gasteiger partial charge in [0.2, 0.25) is 0 Å². The third-order valence-electron chi connectivity index (χ3n) is 5.91. The van der Waals surface area contributed by atoms with E-state index < -0.39 is 0 Å². The first-order chi connectivity index (χ1) is 14.2. The highest BCUT2D eigenvalue weighted by Crippen LogP contribution is 2.21. The van der Waals surface area contributed by atoms with Crippen LogP contribution in [0.2, 0.25) is 0 Å². The van der Waals surface area contributed by atoms with E-state index in [0.29, 0.717) is 12.5 Å². The minimum absolute atomic E-state index is 0.196. The van der Waals surface area contributed by atoms with Crippen molar-refractivity contribution in [1.82, 2.24) is 20.1 Å². The van der Waals surface area contributed by atoms with Gasteiger partial charge in [-0.15, -0.1) is 0 Å². The van der Waals surface area contributed by atoms with E-state index in [4.69, 9.17) is 9.73 Å². The number of hydrogen-bond acceptors (Lipinski definition) is 3. The first-order valence-electron chi connectivity index (χ1n) is 10.8. The van der Waals surface area contributed by atoms with Gasteiger partial charge in [-0.3, -0.25) is 9.89 Å². The number of morpholine rings is 1. The van der Waals surface area contributed by atoms with Gasteiger partial charge in [0.1, 0.15) is 5.82 Å². The number of aromatic amines is 1. The molecule has 2 N–H and O–H groups in total. The average Bonchev–Trinajstić information content (AvgIpc) is 3.35. The Morgan fingerprint density at radius 2 is 2.17 bits per heavy atom. The minimum Gasteiger partial charge on any atom is -0.379 e. The van der Waals surface area contributed by atoms with Gasteiger partial charge in [0.25, 0.3) is 0 Å². The smallest absolute Gasteiger partial charge is 0.193 e. The highest BCUT2D eigenvalue weighted by atomic mass is 19.1. The number of rotatable bonds is 6. The van der Waals surface area contributed by atoms with E-state index >= 15 is 0 Å². The van der Waals surface area contributed by atoms with Gasteiger partial charge in [-0.1, -0.05) is 0 Å². The second-order valence-corrected chi connectivity index (χ2v) is 8.00. The Hall–Kier alpha value is -2.12. The normalized spacial score (nSPS) is 21.2. The molecular formula is C22H32FN5O. The molecule has 0 bridgehead atoms. The van der Waals surface area contributed by atoms with Crippen molar-refractivity contribution in [3.8, 4) is 0 Å². The minimum atomic E-state index is -0.196. The van der Waals surface area contributed by atoms with Crippen molar-refractivity contribution in [1.29, 1.82) is 0 Å². The van der Waals surface area contributed by atoms with Gasteiger partial charge < -0.3 is 19.9 Å². The second kappa shape index (κ2) is 9.59. The molecule has 1 aromatic heterocycles. The number of ether oxygens (including phenoxy) is 1. The molecule has 1 atom stereocenters. The Morgan fingerprint density at radius 1 is 1.31 bits per heavy atom. The summed E-state index contributed by atoms with van der Waals surface area (Å²) in [6.07, 6.45) is 3.98. The van der Waals surface area contributed by atoms with Crippen LogP contribution in [-0.2, 0) is 11.2 Å². The lowest BCUT2D eigenvalue weighted by molar-refractivity contribution is 0.0315. The summed E-state index contributed by atoms with van der Waals surface area (Å²) in [7, 11) is 0. The Labute approximate surface area is 172 Å². The maximum absolute atomic E-state index is 13.6. The predicted molar refractivity (Wildman–Crippen MR) is 115 cm³/mol. The van der Waals surface area contributed by atoms with Crippen molar-refractivity contribution in [2.45, 2.75) is 19.8 Å². The van der Waals surface area contributed by atoms with Crippen molar-refractivity contribution < 1.29 is 9.13 Å². The molecule has 4 rings (SSSR count). The van der Waals surface area contributed by atoms with Crippen molar-refractivity contribution in [3.05, 3.63) is 35.8 Å². The van der Waals surface area contributed by atoms with Crippen molar-refractivity contribution in [2.75, 3.05) is 59.0 Å². The largest absolute Gasteiger partial charge is 0.379 e. The third kappa shape index (κ3) is 5.08. The molecular weight excluding hydrogens is 369 g/mol. The number of aliphatic imine (C=N–C) groups is 1. The highest BCUT2D eigenvalue weighted by Gasteiger charge is 2.27. The first kappa shape index (κ1) is 20.2. The van der Waals surface area contributed by atoms with Crippen LogP contribution in [0.3, 0.4) is 0 Å². The molecule has 1 unspecified atom stereocenters. The molecule has 0 aliphatic carbocycles. The zero-order chi connectivity index (χ0) is 20.1. The molecule has 158 valence electrons. The fraction of sp³-hybridized carbons (Fsp3) is 0.591. The monoisotopic (exact) mass is 401 g/mol. The summed E-state index contributed by atoms with van der Waals surface area (Å²) in [4.78, 5) is 13.0. The molecule has 3 heterocycles. The van der Waals surface area contributed by atoms with Crippen LogP contribution in [0.1, 0.15) is 18.9 Å². The molecule has 6 nitrogen and oxygen atoms in total. The maximum atomic E-state index is 13.6. The lowest BCUT2D eigenvalue weighted by Crippen LogP contribution is -2.42. The van der Waals surface area contributed by atoms with Crippen LogP contribution in [-0.4, -0.2) is 79.8 Å². The number of H-pyrrole nitrogens is 1. The topological polar surface area (TPSA) is 55.9 Å². The van der Waals surface area contributed by atoms with E-state index in [1.165, 1.54) is 12.5 Å². The number of guanidine groups is 1. The van der Waals surface area contributed by atoms with Crippen LogP contribution in [0.25, 0.3) is 10.9 Å². The van der Waals surface area contributed by atoms with Gasteiger partial charge in [0, 0.05) is 62.9 Å². The van der Waals surface area contributed by atoms with Crippen molar-refractivity contribution >= 4 is 16.9 Å². The van der Waals surface area contributed by atoms with E-state index in [9.17, 15) is 4.39 Å². The summed E-state index contributed by atoms with van der Waals surface area (Å²) in [5, 5.41) is 4.41. The molecule has 0 spiro atoms. The molecule has 0 radical (unpaired) electrons. The Kier molecular flexibility index (Phi) is 6.67. The number of aromatic nitrogens is 1. The van der Waals surface area contributed by atoms with Crippen LogP contribution in [0.5, 0.6) is 0 Å². The number of fused-ring (bicyclic) bond motifs is 1. The number of benzene rings is 1. The molecule has 29 heavy (non-hydrogen) atoms. The van der Waals surface area contributed by atoms with E-state index in [1.54, 1.807) is 12.1 Å². The van der Waals surface area contributed by atoms with E-state index in [0.717, 1.165) is 81.3 Å². The average molecular weight is 402 g/mol. The summed E-state index contributed by atoms with van der Waals surface area (Å²) in [6.45, 7) is 10.8. The van der Waals surface area contributed by atoms with Gasteiger partial charge in [-0.05, 0) is 49.4 Å². The van der Waals surface area contributed by atoms with E-state index in [-0.39, 0.29) is 5.82 Å². The van der Waals surface area contributed by atoms with Crippen LogP contribution in [0.4, 0.5) is 4.39 Å². The summed E-state index contributed by atoms with van der Waals surface area (Å²) in [5.74, 6) is 1.50. The summed E-state index contributed by atoms with van der Waals surface area (Å²) < 4.78 is 19.0. The van der Waals surface area contributed by atoms with E-state index in [1.807, 2.05) is 6.20 Å². The van der Waals surface area contributed by atoms with Crippen molar-refractivity contribution in [3.63, 3.8) is 0 Å². The van der Waals surface area contributed by atoms with Crippen LogP contribution >= 0.6 is 0 Å². The second-order valence-electron chi connectivity index (χ2n) is 8.00. The molecule has 2 fully saturated rings. The summed E-state index contributed by atoms with van der Waals surface area (Å²) in [6, 6.07) is 4.89. The number of nitrogens with one attached hydrogen (secondary N) is 2. The van der Waals surface area contributed by atoms with Crippen LogP contribution in [0, 0.1) is 11.7 Å². The summed E-state index contributed by atoms with van der Waals surface area (Å²) in [5.41, 5.74) is 2.09. The lowest BCUT2D eigenvalue weighted by atomic mass is 10.1.